The summed E-state index contributed by atoms with van der Waals surface area (Å²) < 4.78 is 0. The largest absolute Gasteiger partial charge is 0.271 e. The van der Waals surface area contributed by atoms with E-state index in [2.05, 4.69) is 0 Å². The molecular formula is C10H13ClN2O4. The van der Waals surface area contributed by atoms with Crippen LogP contribution in [0.2, 0.25) is 0 Å². The molecule has 17 heavy (non-hydrogen) atoms. The van der Waals surface area contributed by atoms with Crippen molar-refractivity contribution in [1.82, 2.24) is 0 Å². The first kappa shape index (κ1) is 13.6. The molecule has 6 nitrogen and oxygen atoms in total. The molecule has 2 unspecified atom stereocenters. The minimum atomic E-state index is -1.67. The number of hydrogen-bond donors (Lipinski definition) is 0. The van der Waals surface area contributed by atoms with E-state index in [0.717, 1.165) is 0 Å². The summed E-state index contributed by atoms with van der Waals surface area (Å²) in [5.74, 6) is 0. The van der Waals surface area contributed by atoms with E-state index in [0.29, 0.717) is 0 Å². The molecule has 0 fully saturated rings. The fourth-order valence-corrected chi connectivity index (χ4v) is 2.53. The SMILES string of the molecule is CC(C)(C)C1([N+](=O)[O-])C=CC=C([N+](=O)[O-])C1Cl. The van der Waals surface area contributed by atoms with Crippen molar-refractivity contribution in [3.8, 4) is 0 Å². The van der Waals surface area contributed by atoms with Gasteiger partial charge in [-0.2, -0.15) is 0 Å². The summed E-state index contributed by atoms with van der Waals surface area (Å²) >= 11 is 5.98. The monoisotopic (exact) mass is 260 g/mol. The van der Waals surface area contributed by atoms with Crippen molar-refractivity contribution >= 4 is 11.6 Å². The van der Waals surface area contributed by atoms with Gasteiger partial charge >= 0.3 is 0 Å². The second kappa shape index (κ2) is 4.10. The lowest BCUT2D eigenvalue weighted by atomic mass is 9.69. The molecule has 0 saturated heterocycles. The summed E-state index contributed by atoms with van der Waals surface area (Å²) in [6, 6.07) is 0. The zero-order chi connectivity index (χ0) is 13.4. The Hall–Kier alpha value is -1.43. The van der Waals surface area contributed by atoms with Gasteiger partial charge in [-0.1, -0.05) is 26.8 Å². The number of nitro groups is 2. The van der Waals surface area contributed by atoms with Crippen LogP contribution in [0.1, 0.15) is 20.8 Å². The van der Waals surface area contributed by atoms with Crippen LogP contribution >= 0.6 is 11.6 Å². The first-order chi connectivity index (χ1) is 7.64. The second-order valence-corrected chi connectivity index (χ2v) is 5.34. The number of halogens is 1. The van der Waals surface area contributed by atoms with Crippen LogP contribution in [0.4, 0.5) is 0 Å². The first-order valence-corrected chi connectivity index (χ1v) is 5.40. The van der Waals surface area contributed by atoms with Crippen molar-refractivity contribution in [3.05, 3.63) is 44.2 Å². The topological polar surface area (TPSA) is 86.3 Å². The minimum absolute atomic E-state index is 0.346. The summed E-state index contributed by atoms with van der Waals surface area (Å²) in [6.45, 7) is 4.91. The third-order valence-corrected chi connectivity index (χ3v) is 3.53. The van der Waals surface area contributed by atoms with Gasteiger partial charge in [0.1, 0.15) is 0 Å². The lowest BCUT2D eigenvalue weighted by Gasteiger charge is -2.37. The van der Waals surface area contributed by atoms with E-state index < -0.39 is 26.2 Å². The summed E-state index contributed by atoms with van der Waals surface area (Å²) in [4.78, 5) is 20.9. The Bertz CT molecular complexity index is 425. The Morgan fingerprint density at radius 1 is 1.35 bits per heavy atom. The molecule has 0 heterocycles. The molecular weight excluding hydrogens is 248 g/mol. The van der Waals surface area contributed by atoms with E-state index in [-0.39, 0.29) is 5.70 Å². The Morgan fingerprint density at radius 2 is 1.88 bits per heavy atom. The van der Waals surface area contributed by atoms with E-state index in [1.807, 2.05) is 0 Å². The average molecular weight is 261 g/mol. The molecule has 7 heteroatoms. The molecule has 0 amide bonds. The molecule has 0 bridgehead atoms. The Labute approximate surface area is 103 Å². The van der Waals surface area contributed by atoms with Crippen molar-refractivity contribution in [3.63, 3.8) is 0 Å². The molecule has 0 N–H and O–H groups in total. The highest BCUT2D eigenvalue weighted by atomic mass is 35.5. The molecule has 1 rings (SSSR count). The fourth-order valence-electron chi connectivity index (χ4n) is 1.90. The van der Waals surface area contributed by atoms with Crippen molar-refractivity contribution in [2.75, 3.05) is 0 Å². The Kier molecular flexibility index (Phi) is 3.29. The maximum absolute atomic E-state index is 11.3. The maximum atomic E-state index is 11.3. The van der Waals surface area contributed by atoms with Crippen LogP contribution in [0.3, 0.4) is 0 Å². The van der Waals surface area contributed by atoms with E-state index in [1.54, 1.807) is 20.8 Å². The van der Waals surface area contributed by atoms with Gasteiger partial charge in [0.25, 0.3) is 11.2 Å². The molecule has 0 saturated carbocycles. The van der Waals surface area contributed by atoms with Crippen molar-refractivity contribution in [2.24, 2.45) is 5.41 Å². The molecule has 0 aromatic rings. The van der Waals surface area contributed by atoms with Gasteiger partial charge < -0.3 is 0 Å². The smallest absolute Gasteiger partial charge is 0.264 e. The van der Waals surface area contributed by atoms with E-state index in [9.17, 15) is 20.2 Å². The number of rotatable bonds is 2. The molecule has 2 atom stereocenters. The van der Waals surface area contributed by atoms with Crippen LogP contribution in [0.5, 0.6) is 0 Å². The van der Waals surface area contributed by atoms with Gasteiger partial charge in [0.15, 0.2) is 5.38 Å². The zero-order valence-electron chi connectivity index (χ0n) is 9.71. The molecule has 94 valence electrons. The van der Waals surface area contributed by atoms with Gasteiger partial charge in [0.2, 0.25) is 0 Å². The van der Waals surface area contributed by atoms with Gasteiger partial charge in [-0.05, 0) is 6.08 Å². The van der Waals surface area contributed by atoms with Crippen molar-refractivity contribution in [2.45, 2.75) is 31.7 Å². The highest BCUT2D eigenvalue weighted by Gasteiger charge is 2.61. The summed E-state index contributed by atoms with van der Waals surface area (Å²) in [7, 11) is 0. The van der Waals surface area contributed by atoms with Crippen LogP contribution in [0.15, 0.2) is 23.9 Å². The third-order valence-electron chi connectivity index (χ3n) is 2.98. The summed E-state index contributed by atoms with van der Waals surface area (Å²) in [5.41, 5.74) is -2.86. The number of hydrogen-bond acceptors (Lipinski definition) is 4. The highest BCUT2D eigenvalue weighted by molar-refractivity contribution is 6.23. The number of nitrogens with zero attached hydrogens (tertiary/aromatic N) is 2. The molecule has 0 radical (unpaired) electrons. The minimum Gasteiger partial charge on any atom is -0.264 e. The van der Waals surface area contributed by atoms with Gasteiger partial charge in [-0.3, -0.25) is 20.2 Å². The van der Waals surface area contributed by atoms with Crippen LogP contribution in [-0.4, -0.2) is 20.8 Å². The van der Waals surface area contributed by atoms with Gasteiger partial charge in [0.05, 0.1) is 4.92 Å². The van der Waals surface area contributed by atoms with Gasteiger partial charge in [-0.15, -0.1) is 11.6 Å². The van der Waals surface area contributed by atoms with Crippen LogP contribution in [0.25, 0.3) is 0 Å². The van der Waals surface area contributed by atoms with E-state index >= 15 is 0 Å². The van der Waals surface area contributed by atoms with Crippen LogP contribution in [-0.2, 0) is 0 Å². The van der Waals surface area contributed by atoms with Gasteiger partial charge in [-0.25, -0.2) is 0 Å². The van der Waals surface area contributed by atoms with Gasteiger partial charge in [0, 0.05) is 16.4 Å². The molecule has 1 aliphatic rings. The summed E-state index contributed by atoms with van der Waals surface area (Å²) in [6.07, 6.45) is 3.86. The van der Waals surface area contributed by atoms with E-state index in [1.165, 1.54) is 18.2 Å². The third kappa shape index (κ3) is 1.93. The molecule has 0 aromatic heterocycles. The molecule has 0 aromatic carbocycles. The normalized spacial score (nSPS) is 28.7. The lowest BCUT2D eigenvalue weighted by molar-refractivity contribution is -0.578. The van der Waals surface area contributed by atoms with Crippen molar-refractivity contribution in [1.29, 1.82) is 0 Å². The second-order valence-electron chi connectivity index (χ2n) is 4.90. The average Bonchev–Trinajstić information content (AvgIpc) is 2.14. The molecule has 1 aliphatic carbocycles. The zero-order valence-corrected chi connectivity index (χ0v) is 10.5. The summed E-state index contributed by atoms with van der Waals surface area (Å²) in [5, 5.41) is 20.8. The quantitative estimate of drug-likeness (QED) is 0.433. The Balaban J connectivity index is 3.39. The van der Waals surface area contributed by atoms with Crippen LogP contribution < -0.4 is 0 Å². The number of alkyl halides is 1. The predicted molar refractivity (Wildman–Crippen MR) is 63.0 cm³/mol. The lowest BCUT2D eigenvalue weighted by Crippen LogP contribution is -2.57. The highest BCUT2D eigenvalue weighted by Crippen LogP contribution is 2.44. The van der Waals surface area contributed by atoms with Crippen LogP contribution in [0, 0.1) is 25.6 Å². The first-order valence-electron chi connectivity index (χ1n) is 4.97. The van der Waals surface area contributed by atoms with E-state index in [4.69, 9.17) is 11.6 Å². The Morgan fingerprint density at radius 3 is 2.24 bits per heavy atom. The van der Waals surface area contributed by atoms with Crippen molar-refractivity contribution < 1.29 is 9.85 Å². The predicted octanol–water partition coefficient (Wildman–Crippen LogP) is 2.39. The molecule has 0 aliphatic heterocycles. The number of allylic oxidation sites excluding steroid dienone is 2. The fraction of sp³-hybridized carbons (Fsp3) is 0.600. The molecule has 0 spiro atoms. The maximum Gasteiger partial charge on any atom is 0.271 e. The standard InChI is InChI=1S/C10H13ClN2O4/c1-9(2,3)10(13(16)17)6-4-5-7(8(10)11)12(14)15/h4-6,8H,1-3H3.